The summed E-state index contributed by atoms with van der Waals surface area (Å²) in [6, 6.07) is 13.6. The quantitative estimate of drug-likeness (QED) is 0.369. The Morgan fingerprint density at radius 3 is 2.32 bits per heavy atom. The predicted molar refractivity (Wildman–Crippen MR) is 175 cm³/mol. The second-order valence-electron chi connectivity index (χ2n) is 13.6. The van der Waals surface area contributed by atoms with Crippen LogP contribution in [-0.4, -0.2) is 78.5 Å². The molecule has 0 unspecified atom stereocenters. The van der Waals surface area contributed by atoms with Crippen molar-refractivity contribution in [3.05, 3.63) is 69.2 Å². The summed E-state index contributed by atoms with van der Waals surface area (Å²) in [4.78, 5) is 45.2. The molecule has 240 valence electrons. The van der Waals surface area contributed by atoms with E-state index in [-0.39, 0.29) is 29.8 Å². The van der Waals surface area contributed by atoms with Crippen molar-refractivity contribution in [1.82, 2.24) is 20.0 Å². The first-order valence-electron chi connectivity index (χ1n) is 15.4. The van der Waals surface area contributed by atoms with E-state index in [1.165, 1.54) is 5.56 Å². The number of halogens is 2. The van der Waals surface area contributed by atoms with Crippen LogP contribution in [0.1, 0.15) is 70.6 Å². The van der Waals surface area contributed by atoms with Gasteiger partial charge in [0, 0.05) is 46.2 Å². The molecule has 10 heteroatoms. The number of piperidine rings is 1. The first-order chi connectivity index (χ1) is 20.6. The Labute approximate surface area is 272 Å². The summed E-state index contributed by atoms with van der Waals surface area (Å²) in [6.45, 7) is 11.6. The van der Waals surface area contributed by atoms with Crippen LogP contribution in [0.2, 0.25) is 10.0 Å². The molecule has 44 heavy (non-hydrogen) atoms. The van der Waals surface area contributed by atoms with E-state index in [4.69, 9.17) is 27.9 Å². The number of likely N-dealkylation sites (N-methyl/N-ethyl adjacent to an activating group) is 2. The number of benzene rings is 2. The van der Waals surface area contributed by atoms with Gasteiger partial charge in [0.1, 0.15) is 5.60 Å². The zero-order valence-corrected chi connectivity index (χ0v) is 28.5. The van der Waals surface area contributed by atoms with Gasteiger partial charge < -0.3 is 19.9 Å². The number of hydrogen-bond donors (Lipinski definition) is 1. The van der Waals surface area contributed by atoms with E-state index in [1.807, 2.05) is 52.8 Å². The molecule has 1 N–H and O–H groups in total. The lowest BCUT2D eigenvalue weighted by molar-refractivity contribution is -0.135. The molecule has 2 heterocycles. The van der Waals surface area contributed by atoms with Crippen LogP contribution in [0.15, 0.2) is 42.5 Å². The number of nitrogens with one attached hydrogen (secondary N) is 1. The number of carbonyl (C=O) groups excluding carboxylic acids is 3. The van der Waals surface area contributed by atoms with Gasteiger partial charge in [-0.2, -0.15) is 0 Å². The van der Waals surface area contributed by atoms with Crippen LogP contribution in [-0.2, 0) is 31.8 Å². The number of likely N-dealkylation sites (tertiary alicyclic amines) is 1. The van der Waals surface area contributed by atoms with E-state index in [0.29, 0.717) is 29.4 Å². The Kier molecular flexibility index (Phi) is 10.3. The molecule has 3 amide bonds. The van der Waals surface area contributed by atoms with E-state index < -0.39 is 17.2 Å². The molecule has 0 bridgehead atoms. The summed E-state index contributed by atoms with van der Waals surface area (Å²) in [7, 11) is 3.50. The maximum absolute atomic E-state index is 13.7. The number of hydrogen-bond acceptors (Lipinski definition) is 5. The summed E-state index contributed by atoms with van der Waals surface area (Å²) in [5, 5.41) is 4.10. The number of amides is 3. The van der Waals surface area contributed by atoms with Gasteiger partial charge in [0.05, 0.1) is 27.5 Å². The van der Waals surface area contributed by atoms with Crippen molar-refractivity contribution >= 4 is 41.1 Å². The molecule has 2 aliphatic rings. The standard InChI is InChI=1S/C34H46Cl2N4O4/c1-23(2)30(42)38(6)22-34(25-12-13-27(35)28(36)21-25,39(7)31(43)44-32(3,4)5)16-19-40-17-14-33(15-18-40)26-11-9-8-10-24(26)20-29(41)37-33/h8-13,21,23H,14-20,22H2,1-7H3,(H,37,41)/t34-/m1/s1. The zero-order chi connectivity index (χ0) is 32.4. The lowest BCUT2D eigenvalue weighted by Crippen LogP contribution is -2.58. The Morgan fingerprint density at radius 1 is 1.05 bits per heavy atom. The third-order valence-electron chi connectivity index (χ3n) is 8.95. The van der Waals surface area contributed by atoms with Crippen LogP contribution in [0.5, 0.6) is 0 Å². The van der Waals surface area contributed by atoms with Crippen LogP contribution < -0.4 is 5.32 Å². The third kappa shape index (κ3) is 7.35. The van der Waals surface area contributed by atoms with E-state index in [0.717, 1.165) is 37.1 Å². The summed E-state index contributed by atoms with van der Waals surface area (Å²) < 4.78 is 5.85. The average Bonchev–Trinajstić information content (AvgIpc) is 2.95. The zero-order valence-electron chi connectivity index (χ0n) is 27.0. The molecular weight excluding hydrogens is 599 g/mol. The Bertz CT molecular complexity index is 1380. The smallest absolute Gasteiger partial charge is 0.410 e. The van der Waals surface area contributed by atoms with Gasteiger partial charge in [-0.15, -0.1) is 0 Å². The largest absolute Gasteiger partial charge is 0.444 e. The molecule has 1 fully saturated rings. The van der Waals surface area contributed by atoms with Gasteiger partial charge in [-0.1, -0.05) is 67.4 Å². The molecule has 1 spiro atoms. The Balaban J connectivity index is 1.66. The highest BCUT2D eigenvalue weighted by Gasteiger charge is 2.45. The van der Waals surface area contributed by atoms with Gasteiger partial charge in [-0.05, 0) is 68.9 Å². The number of carbonyl (C=O) groups is 3. The van der Waals surface area contributed by atoms with Crippen molar-refractivity contribution < 1.29 is 19.1 Å². The van der Waals surface area contributed by atoms with Crippen molar-refractivity contribution in [2.24, 2.45) is 5.92 Å². The fraction of sp³-hybridized carbons (Fsp3) is 0.559. The van der Waals surface area contributed by atoms with Crippen molar-refractivity contribution in [3.8, 4) is 0 Å². The van der Waals surface area contributed by atoms with Crippen LogP contribution in [0.4, 0.5) is 4.79 Å². The van der Waals surface area contributed by atoms with E-state index >= 15 is 0 Å². The van der Waals surface area contributed by atoms with Crippen molar-refractivity contribution in [1.29, 1.82) is 0 Å². The van der Waals surface area contributed by atoms with Crippen LogP contribution in [0, 0.1) is 5.92 Å². The first-order valence-corrected chi connectivity index (χ1v) is 16.1. The fourth-order valence-electron chi connectivity index (χ4n) is 6.57. The SMILES string of the molecule is CC(C)C(=O)N(C)C[C@](CCN1CCC2(CC1)NC(=O)Cc1ccccc12)(c1ccc(Cl)c(Cl)c1)N(C)C(=O)OC(C)(C)C. The molecule has 2 aromatic carbocycles. The molecule has 4 rings (SSSR count). The highest BCUT2D eigenvalue weighted by Crippen LogP contribution is 2.40. The van der Waals surface area contributed by atoms with Crippen LogP contribution >= 0.6 is 23.2 Å². The number of nitrogens with zero attached hydrogens (tertiary/aromatic N) is 3. The van der Waals surface area contributed by atoms with Crippen LogP contribution in [0.3, 0.4) is 0 Å². The fourth-order valence-corrected chi connectivity index (χ4v) is 6.87. The Hall–Kier alpha value is -2.81. The maximum Gasteiger partial charge on any atom is 0.410 e. The minimum atomic E-state index is -0.976. The molecule has 0 radical (unpaired) electrons. The van der Waals surface area contributed by atoms with Gasteiger partial charge >= 0.3 is 6.09 Å². The maximum atomic E-state index is 13.7. The van der Waals surface area contributed by atoms with Gasteiger partial charge in [0.15, 0.2) is 0 Å². The predicted octanol–water partition coefficient (Wildman–Crippen LogP) is 6.22. The second kappa shape index (κ2) is 13.3. The van der Waals surface area contributed by atoms with Crippen molar-refractivity contribution in [2.75, 3.05) is 40.3 Å². The Morgan fingerprint density at radius 2 is 1.70 bits per heavy atom. The van der Waals surface area contributed by atoms with Gasteiger partial charge in [-0.3, -0.25) is 14.5 Å². The summed E-state index contributed by atoms with van der Waals surface area (Å²) in [5.41, 5.74) is 1.02. The van der Waals surface area contributed by atoms with Crippen LogP contribution in [0.25, 0.3) is 0 Å². The molecule has 1 atom stereocenters. The minimum absolute atomic E-state index is 0.0290. The lowest BCUT2D eigenvalue weighted by atomic mass is 9.75. The molecular formula is C34H46Cl2N4O4. The number of rotatable bonds is 8. The summed E-state index contributed by atoms with van der Waals surface area (Å²) in [6.07, 6.45) is 1.99. The second-order valence-corrected chi connectivity index (χ2v) is 14.4. The van der Waals surface area contributed by atoms with Gasteiger partial charge in [-0.25, -0.2) is 4.79 Å². The molecule has 0 aliphatic carbocycles. The average molecular weight is 646 g/mol. The highest BCUT2D eigenvalue weighted by molar-refractivity contribution is 6.42. The first kappa shape index (κ1) is 34.1. The number of ether oxygens (including phenoxy) is 1. The minimum Gasteiger partial charge on any atom is -0.444 e. The van der Waals surface area contributed by atoms with E-state index in [1.54, 1.807) is 36.0 Å². The molecule has 0 saturated carbocycles. The normalized spacial score (nSPS) is 17.9. The molecule has 8 nitrogen and oxygen atoms in total. The topological polar surface area (TPSA) is 82.2 Å². The van der Waals surface area contributed by atoms with E-state index in [2.05, 4.69) is 22.3 Å². The van der Waals surface area contributed by atoms with Gasteiger partial charge in [0.2, 0.25) is 11.8 Å². The third-order valence-corrected chi connectivity index (χ3v) is 9.69. The summed E-state index contributed by atoms with van der Waals surface area (Å²) in [5.74, 6) is -0.184. The molecule has 1 saturated heterocycles. The lowest BCUT2D eigenvalue weighted by Gasteiger charge is -2.48. The monoisotopic (exact) mass is 644 g/mol. The van der Waals surface area contributed by atoms with Crippen molar-refractivity contribution in [2.45, 2.75) is 77.0 Å². The highest BCUT2D eigenvalue weighted by atomic mass is 35.5. The molecule has 0 aromatic heterocycles. The van der Waals surface area contributed by atoms with Crippen molar-refractivity contribution in [3.63, 3.8) is 0 Å². The molecule has 2 aliphatic heterocycles. The summed E-state index contributed by atoms with van der Waals surface area (Å²) >= 11 is 12.9. The molecule has 2 aromatic rings. The van der Waals surface area contributed by atoms with Gasteiger partial charge in [0.25, 0.3) is 0 Å². The number of fused-ring (bicyclic) bond motifs is 2. The van der Waals surface area contributed by atoms with E-state index in [9.17, 15) is 14.4 Å².